The zero-order valence-electron chi connectivity index (χ0n) is 24.7. The lowest BCUT2D eigenvalue weighted by molar-refractivity contribution is -0.438. The number of carbonyl (C=O) groups excluding carboxylic acids is 3. The molecule has 0 aromatic carbocycles. The molecule has 41 heavy (non-hydrogen) atoms. The van der Waals surface area contributed by atoms with Crippen LogP contribution in [0.2, 0.25) is 0 Å². The average Bonchev–Trinajstić information content (AvgIpc) is 3.48. The Kier molecular flexibility index (Phi) is 6.40. The molecule has 9 atom stereocenters. The topological polar surface area (TPSA) is 122 Å². The zero-order chi connectivity index (χ0) is 29.5. The lowest BCUT2D eigenvalue weighted by Crippen LogP contribution is -2.80. The number of fused-ring (bicyclic) bond motifs is 3. The summed E-state index contributed by atoms with van der Waals surface area (Å²) in [5.74, 6) is -3.93. The third-order valence-electron chi connectivity index (χ3n) is 11.6. The fourth-order valence-electron chi connectivity index (χ4n) is 9.31. The van der Waals surface area contributed by atoms with Crippen LogP contribution >= 0.6 is 0 Å². The van der Waals surface area contributed by atoms with Crippen molar-refractivity contribution in [2.75, 3.05) is 13.7 Å². The minimum absolute atomic E-state index is 0.0502. The summed E-state index contributed by atoms with van der Waals surface area (Å²) >= 11 is 0. The molecular weight excluding hydrogens is 528 g/mol. The van der Waals surface area contributed by atoms with Gasteiger partial charge in [0.05, 0.1) is 38.6 Å². The summed E-state index contributed by atoms with van der Waals surface area (Å²) in [5, 5.41) is 12.6. The van der Waals surface area contributed by atoms with Gasteiger partial charge in [0.1, 0.15) is 12.2 Å². The predicted molar refractivity (Wildman–Crippen MR) is 145 cm³/mol. The van der Waals surface area contributed by atoms with Gasteiger partial charge >= 0.3 is 17.9 Å². The molecular formula is C32H40O9. The van der Waals surface area contributed by atoms with Crippen LogP contribution in [0.5, 0.6) is 0 Å². The standard InChI is InChI=1S/C32H40O9/c1-7-17(2)28(35)41-27-22-12-19-20(31(5)23(14-24(33)37-6)30(27,4)16-39-32(22,31)36)8-10-29(3)21(19)13-25(34)40-26(29)18-9-11-38-15-18/h7,9,11,15,20,22-23,26-27,36H,8,10,12-14,16H2,1-6H3. The Morgan fingerprint density at radius 3 is 2.66 bits per heavy atom. The first-order chi connectivity index (χ1) is 19.3. The van der Waals surface area contributed by atoms with E-state index in [9.17, 15) is 19.5 Å². The largest absolute Gasteiger partial charge is 0.472 e. The van der Waals surface area contributed by atoms with Crippen molar-refractivity contribution in [3.63, 3.8) is 0 Å². The minimum Gasteiger partial charge on any atom is -0.472 e. The Labute approximate surface area is 240 Å². The molecule has 9 heteroatoms. The normalized spacial score (nSPS) is 43.1. The van der Waals surface area contributed by atoms with Crippen molar-refractivity contribution < 1.29 is 42.9 Å². The molecule has 3 aliphatic carbocycles. The molecule has 1 aromatic heterocycles. The summed E-state index contributed by atoms with van der Waals surface area (Å²) in [6, 6.07) is 1.83. The van der Waals surface area contributed by atoms with E-state index in [-0.39, 0.29) is 37.3 Å². The van der Waals surface area contributed by atoms with Crippen LogP contribution in [0.15, 0.2) is 45.8 Å². The van der Waals surface area contributed by atoms with Crippen LogP contribution in [0.25, 0.3) is 0 Å². The quantitative estimate of drug-likeness (QED) is 0.231. The van der Waals surface area contributed by atoms with Gasteiger partial charge in [0, 0.05) is 33.8 Å². The Bertz CT molecular complexity index is 1340. The fraction of sp³-hybridized carbons (Fsp3) is 0.656. The number of carbonyl (C=O) groups is 3. The highest BCUT2D eigenvalue weighted by Gasteiger charge is 2.79. The van der Waals surface area contributed by atoms with Crippen molar-refractivity contribution in [1.82, 2.24) is 0 Å². The maximum absolute atomic E-state index is 13.2. The maximum Gasteiger partial charge on any atom is 0.333 e. The van der Waals surface area contributed by atoms with Gasteiger partial charge in [-0.3, -0.25) is 9.59 Å². The van der Waals surface area contributed by atoms with Gasteiger partial charge in [0.15, 0.2) is 5.79 Å². The highest BCUT2D eigenvalue weighted by atomic mass is 16.6. The van der Waals surface area contributed by atoms with E-state index in [0.717, 1.165) is 23.1 Å². The van der Waals surface area contributed by atoms with E-state index in [1.807, 2.05) is 19.9 Å². The Hall–Kier alpha value is -2.91. The van der Waals surface area contributed by atoms with Gasteiger partial charge in [0.25, 0.3) is 0 Å². The van der Waals surface area contributed by atoms with E-state index in [1.54, 1.807) is 32.4 Å². The van der Waals surface area contributed by atoms with Crippen LogP contribution in [0.3, 0.4) is 0 Å². The number of hydrogen-bond acceptors (Lipinski definition) is 9. The molecule has 6 aliphatic rings. The van der Waals surface area contributed by atoms with Gasteiger partial charge in [0.2, 0.25) is 0 Å². The van der Waals surface area contributed by atoms with Crippen molar-refractivity contribution in [3.8, 4) is 0 Å². The molecule has 2 saturated carbocycles. The summed E-state index contributed by atoms with van der Waals surface area (Å²) in [6.45, 7) is 9.78. The first kappa shape index (κ1) is 28.2. The molecule has 0 amide bonds. The molecule has 9 unspecified atom stereocenters. The monoisotopic (exact) mass is 568 g/mol. The van der Waals surface area contributed by atoms with E-state index in [2.05, 4.69) is 6.92 Å². The van der Waals surface area contributed by atoms with E-state index in [1.165, 1.54) is 7.11 Å². The number of methoxy groups -OCH3 is 1. The molecule has 5 fully saturated rings. The van der Waals surface area contributed by atoms with Gasteiger partial charge in [-0.1, -0.05) is 32.4 Å². The van der Waals surface area contributed by atoms with E-state index < -0.39 is 52.0 Å². The summed E-state index contributed by atoms with van der Waals surface area (Å²) in [5.41, 5.74) is 1.27. The second kappa shape index (κ2) is 9.30. The van der Waals surface area contributed by atoms with Gasteiger partial charge in [-0.05, 0) is 56.6 Å². The van der Waals surface area contributed by atoms with Crippen LogP contribution in [-0.4, -0.2) is 48.6 Å². The zero-order valence-corrected chi connectivity index (χ0v) is 24.7. The maximum atomic E-state index is 13.2. The highest BCUT2D eigenvalue weighted by molar-refractivity contribution is 5.87. The van der Waals surface area contributed by atoms with Crippen molar-refractivity contribution in [2.24, 2.45) is 34.0 Å². The molecule has 3 aliphatic heterocycles. The average molecular weight is 569 g/mol. The van der Waals surface area contributed by atoms with Crippen LogP contribution < -0.4 is 0 Å². The third-order valence-corrected chi connectivity index (χ3v) is 11.6. The second-order valence-electron chi connectivity index (χ2n) is 13.3. The summed E-state index contributed by atoms with van der Waals surface area (Å²) in [7, 11) is 1.36. The predicted octanol–water partition coefficient (Wildman–Crippen LogP) is 4.80. The number of aliphatic hydroxyl groups is 1. The third kappa shape index (κ3) is 3.63. The van der Waals surface area contributed by atoms with Gasteiger partial charge in [-0.2, -0.15) is 0 Å². The fourth-order valence-corrected chi connectivity index (χ4v) is 9.31. The van der Waals surface area contributed by atoms with Crippen LogP contribution in [-0.2, 0) is 33.3 Å². The summed E-state index contributed by atoms with van der Waals surface area (Å²) < 4.78 is 29.0. The molecule has 4 heterocycles. The minimum atomic E-state index is -1.64. The number of hydrogen-bond donors (Lipinski definition) is 1. The molecule has 0 spiro atoms. The lowest BCUT2D eigenvalue weighted by Gasteiger charge is -2.74. The molecule has 7 rings (SSSR count). The number of rotatable bonds is 5. The molecule has 4 bridgehead atoms. The number of furan rings is 1. The number of allylic oxidation sites excluding steroid dienone is 2. The van der Waals surface area contributed by atoms with E-state index >= 15 is 0 Å². The first-order valence-electron chi connectivity index (χ1n) is 14.6. The second-order valence-corrected chi connectivity index (χ2v) is 13.3. The Morgan fingerprint density at radius 1 is 1.24 bits per heavy atom. The van der Waals surface area contributed by atoms with E-state index in [4.69, 9.17) is 23.4 Å². The van der Waals surface area contributed by atoms with E-state index in [0.29, 0.717) is 18.4 Å². The molecule has 1 N–H and O–H groups in total. The first-order valence-corrected chi connectivity index (χ1v) is 14.6. The number of ether oxygens (including phenoxy) is 4. The molecule has 3 saturated heterocycles. The number of esters is 3. The molecule has 0 radical (unpaired) electrons. The molecule has 9 nitrogen and oxygen atoms in total. The van der Waals surface area contributed by atoms with Crippen molar-refractivity contribution in [3.05, 3.63) is 47.0 Å². The van der Waals surface area contributed by atoms with Crippen molar-refractivity contribution in [1.29, 1.82) is 0 Å². The van der Waals surface area contributed by atoms with Gasteiger partial charge in [-0.25, -0.2) is 4.79 Å². The van der Waals surface area contributed by atoms with Crippen LogP contribution in [0.1, 0.15) is 78.4 Å². The highest BCUT2D eigenvalue weighted by Crippen LogP contribution is 2.74. The Balaban J connectivity index is 1.54. The van der Waals surface area contributed by atoms with Gasteiger partial charge < -0.3 is 28.5 Å². The summed E-state index contributed by atoms with van der Waals surface area (Å²) in [6.07, 6.45) is 5.75. The summed E-state index contributed by atoms with van der Waals surface area (Å²) in [4.78, 5) is 39.2. The Morgan fingerprint density at radius 2 is 2.00 bits per heavy atom. The lowest BCUT2D eigenvalue weighted by atomic mass is 9.37. The SMILES string of the molecule is CC=C(C)C(=O)OC1C2CC3=C4CC(=O)OC(c5ccoc5)C4(C)CCC3C3(C)C(CC(=O)OC)C1(C)COC23O. The van der Waals surface area contributed by atoms with Gasteiger partial charge in [-0.15, -0.1) is 0 Å². The van der Waals surface area contributed by atoms with Crippen molar-refractivity contribution >= 4 is 17.9 Å². The molecule has 1 aromatic rings. The van der Waals surface area contributed by atoms with Crippen LogP contribution in [0.4, 0.5) is 0 Å². The molecule has 222 valence electrons. The number of cyclic esters (lactones) is 1. The smallest absolute Gasteiger partial charge is 0.333 e. The van der Waals surface area contributed by atoms with Crippen LogP contribution in [0, 0.1) is 34.0 Å². The van der Waals surface area contributed by atoms with Crippen molar-refractivity contribution in [2.45, 2.75) is 84.7 Å².